The molecule has 0 aliphatic rings. The van der Waals surface area contributed by atoms with Gasteiger partial charge in [0, 0.05) is 0 Å². The van der Waals surface area contributed by atoms with E-state index in [1.165, 1.54) is 0 Å². The fraction of sp³-hybridized carbons (Fsp3) is 0.667. The molecule has 15 nitrogen and oxygen atoms in total. The number of nitrogens with two attached hydrogens (primary N) is 3. The van der Waals surface area contributed by atoms with E-state index in [0.29, 0.717) is 19.3 Å². The summed E-state index contributed by atoms with van der Waals surface area (Å²) in [6.07, 6.45) is -0.631. The topological polar surface area (TPSA) is 301 Å². The molecule has 0 aromatic heterocycles. The number of Topliss-reactive ketones (excluding diaryl/α,β-unsaturated/α-hetero) is 6. The molecule has 0 saturated carbocycles. The second-order valence-corrected chi connectivity index (χ2v) is 13.0. The van der Waals surface area contributed by atoms with E-state index in [9.17, 15) is 58.5 Å². The Morgan fingerprint density at radius 2 is 0.674 bits per heavy atom. The molecule has 0 heterocycles. The summed E-state index contributed by atoms with van der Waals surface area (Å²) in [5, 5.41) is 30.2. The Bertz CT molecular complexity index is 894. The molecule has 0 saturated heterocycles. The molecule has 46 heavy (non-hydrogen) atoms. The van der Waals surface area contributed by atoms with Gasteiger partial charge in [-0.05, 0) is 53.8 Å². The molecule has 0 bridgehead atoms. The van der Waals surface area contributed by atoms with Crippen molar-refractivity contribution in [2.45, 2.75) is 77.4 Å². The van der Waals surface area contributed by atoms with E-state index < -0.39 is 90.0 Å². The van der Waals surface area contributed by atoms with Gasteiger partial charge in [0.15, 0.2) is 34.7 Å². The van der Waals surface area contributed by atoms with Crippen LogP contribution >= 0.6 is 35.3 Å². The Balaban J connectivity index is -0.000000285. The van der Waals surface area contributed by atoms with Gasteiger partial charge in [0.25, 0.3) is 0 Å². The van der Waals surface area contributed by atoms with Crippen LogP contribution in [0.5, 0.6) is 0 Å². The van der Waals surface area contributed by atoms with Crippen LogP contribution in [0.1, 0.15) is 59.3 Å². The van der Waals surface area contributed by atoms with Crippen LogP contribution < -0.4 is 32.5 Å². The van der Waals surface area contributed by atoms with Crippen molar-refractivity contribution in [1.82, 2.24) is 0 Å². The van der Waals surface area contributed by atoms with E-state index in [2.05, 4.69) is 0 Å². The summed E-state index contributed by atoms with van der Waals surface area (Å²) in [5.41, 5.74) is 16.4. The SMILES string of the molecule is CCSCC[C@H](N)C(=O)CC(=O)C(=O)[O-].CCSCC[C@H](N)C(=O)CC(=O)C(=O)[O-].CCSCC[C@H](N)C(=O)CC(=O)C(=O)[O-].[Al+3]. The number of carboxylic acids is 3. The van der Waals surface area contributed by atoms with Crippen molar-refractivity contribution in [1.29, 1.82) is 0 Å². The largest absolute Gasteiger partial charge is 3.00 e. The summed E-state index contributed by atoms with van der Waals surface area (Å²) in [4.78, 5) is 95.7. The van der Waals surface area contributed by atoms with Crippen LogP contribution in [0.25, 0.3) is 0 Å². The summed E-state index contributed by atoms with van der Waals surface area (Å²) < 4.78 is 0. The number of carbonyl (C=O) groups excluding carboxylic acids is 9. The normalized spacial score (nSPS) is 11.9. The third-order valence-corrected chi connectivity index (χ3v) is 8.06. The third-order valence-electron chi connectivity index (χ3n) is 5.26. The summed E-state index contributed by atoms with van der Waals surface area (Å²) >= 11 is 4.90. The molecule has 0 amide bonds. The van der Waals surface area contributed by atoms with E-state index in [0.717, 1.165) is 34.5 Å². The van der Waals surface area contributed by atoms with Crippen LogP contribution in [0.4, 0.5) is 0 Å². The van der Waals surface area contributed by atoms with Crippen LogP contribution in [0.15, 0.2) is 0 Å². The van der Waals surface area contributed by atoms with Gasteiger partial charge in [-0.15, -0.1) is 0 Å². The van der Waals surface area contributed by atoms with Gasteiger partial charge in [-0.25, -0.2) is 0 Å². The van der Waals surface area contributed by atoms with Crippen molar-refractivity contribution in [2.75, 3.05) is 34.5 Å². The van der Waals surface area contributed by atoms with Crippen LogP contribution in [0, 0.1) is 0 Å². The van der Waals surface area contributed by atoms with Crippen molar-refractivity contribution in [3.63, 3.8) is 0 Å². The van der Waals surface area contributed by atoms with E-state index in [-0.39, 0.29) is 17.4 Å². The quantitative estimate of drug-likeness (QED) is 0.0368. The minimum atomic E-state index is -1.83. The van der Waals surface area contributed by atoms with Gasteiger partial charge in [0.05, 0.1) is 37.4 Å². The second kappa shape index (κ2) is 31.5. The van der Waals surface area contributed by atoms with Crippen molar-refractivity contribution >= 4 is 105 Å². The van der Waals surface area contributed by atoms with Crippen LogP contribution in [0.2, 0.25) is 0 Å². The molecule has 3 atom stereocenters. The molecule has 258 valence electrons. The first kappa shape index (κ1) is 50.7. The zero-order valence-electron chi connectivity index (χ0n) is 26.2. The number of carbonyl (C=O) groups is 9. The molecule has 0 unspecified atom stereocenters. The maximum atomic E-state index is 11.2. The third kappa shape index (κ3) is 29.3. The number of thioether (sulfide) groups is 3. The first-order chi connectivity index (χ1) is 21.0. The number of hydrogen-bond acceptors (Lipinski definition) is 18. The van der Waals surface area contributed by atoms with Crippen LogP contribution in [-0.4, -0.2) is 123 Å². The average molecular weight is 724 g/mol. The summed E-state index contributed by atoms with van der Waals surface area (Å²) in [6, 6.07) is -2.27. The summed E-state index contributed by atoms with van der Waals surface area (Å²) in [6.45, 7) is 5.95. The monoisotopic (exact) mass is 723 g/mol. The Kier molecular flexibility index (Phi) is 34.7. The van der Waals surface area contributed by atoms with Crippen molar-refractivity contribution < 1.29 is 58.5 Å². The van der Waals surface area contributed by atoms with Crippen molar-refractivity contribution in [3.8, 4) is 0 Å². The van der Waals surface area contributed by atoms with Gasteiger partial charge in [0.2, 0.25) is 0 Å². The number of aliphatic carboxylic acids is 3. The molecule has 0 spiro atoms. The molecule has 0 aliphatic carbocycles. The molecule has 0 aromatic carbocycles. The predicted octanol–water partition coefficient (Wildman–Crippen LogP) is -4.18. The second-order valence-electron chi connectivity index (χ2n) is 8.84. The predicted molar refractivity (Wildman–Crippen MR) is 171 cm³/mol. The van der Waals surface area contributed by atoms with Gasteiger partial charge in [-0.2, -0.15) is 35.3 Å². The molecule has 0 fully saturated rings. The Morgan fingerprint density at radius 3 is 0.826 bits per heavy atom. The summed E-state index contributed by atoms with van der Waals surface area (Å²) in [5.74, 6) is -5.79. The Hall–Kier alpha value is -2.11. The minimum absolute atomic E-state index is 0. The number of rotatable bonds is 24. The number of hydrogen-bond donors (Lipinski definition) is 3. The van der Waals surface area contributed by atoms with E-state index in [1.807, 2.05) is 20.8 Å². The van der Waals surface area contributed by atoms with Crippen molar-refractivity contribution in [2.24, 2.45) is 17.2 Å². The maximum absolute atomic E-state index is 11.2. The fourth-order valence-electron chi connectivity index (χ4n) is 2.63. The molecule has 0 rings (SSSR count). The zero-order valence-corrected chi connectivity index (χ0v) is 29.8. The molecular formula is C27H42AlN3O12S3. The van der Waals surface area contributed by atoms with Crippen molar-refractivity contribution in [3.05, 3.63) is 0 Å². The number of ketones is 6. The molecule has 19 heteroatoms. The van der Waals surface area contributed by atoms with Gasteiger partial charge in [-0.3, -0.25) is 28.8 Å². The summed E-state index contributed by atoms with van der Waals surface area (Å²) in [7, 11) is 0. The Morgan fingerprint density at radius 1 is 0.478 bits per heavy atom. The molecule has 0 aliphatic heterocycles. The van der Waals surface area contributed by atoms with Gasteiger partial charge >= 0.3 is 17.4 Å². The standard InChI is InChI=1S/3C9H15NO4S.Al/c3*1-2-15-4-3-6(10)7(11)5-8(12)9(13)14;/h3*6H,2-5,10H2,1H3,(H,13,14);/q;;;+3/p-3/t3*6-;/m000./s1. The fourth-order valence-corrected chi connectivity index (χ4v) is 4.76. The van der Waals surface area contributed by atoms with E-state index >= 15 is 0 Å². The van der Waals surface area contributed by atoms with E-state index in [4.69, 9.17) is 17.2 Å². The molecular weight excluding hydrogens is 681 g/mol. The van der Waals surface area contributed by atoms with Gasteiger partial charge in [-0.1, -0.05) is 20.8 Å². The molecule has 6 N–H and O–H groups in total. The first-order valence-corrected chi connectivity index (χ1v) is 17.2. The van der Waals surface area contributed by atoms with Crippen LogP contribution in [-0.2, 0) is 43.2 Å². The van der Waals surface area contributed by atoms with E-state index in [1.54, 1.807) is 35.3 Å². The van der Waals surface area contributed by atoms with Gasteiger partial charge in [0.1, 0.15) is 17.9 Å². The van der Waals surface area contributed by atoms with Crippen LogP contribution in [0.3, 0.4) is 0 Å². The van der Waals surface area contributed by atoms with Gasteiger partial charge < -0.3 is 46.9 Å². The average Bonchev–Trinajstić information content (AvgIpc) is 2.97. The smallest absolute Gasteiger partial charge is 0.542 e. The molecule has 0 radical (unpaired) electrons. The molecule has 0 aromatic rings. The Labute approximate surface area is 291 Å². The minimum Gasteiger partial charge on any atom is -0.542 e. The number of carboxylic acid groups (broad SMARTS) is 3. The first-order valence-electron chi connectivity index (χ1n) is 13.8. The zero-order chi connectivity index (χ0) is 35.5. The maximum Gasteiger partial charge on any atom is 3.00 e.